The summed E-state index contributed by atoms with van der Waals surface area (Å²) in [6.07, 6.45) is 2.32. The first-order valence-corrected chi connectivity index (χ1v) is 5.18. The Morgan fingerprint density at radius 3 is 2.53 bits per heavy atom. The van der Waals surface area contributed by atoms with Gasteiger partial charge >= 0.3 is 0 Å². The number of oxime groups is 1. The van der Waals surface area contributed by atoms with Crippen molar-refractivity contribution in [3.05, 3.63) is 0 Å². The molecular weight excluding hydrogens is 194 g/mol. The maximum atomic E-state index is 11.7. The normalized spacial score (nSPS) is 19.8. The van der Waals surface area contributed by atoms with Gasteiger partial charge in [-0.2, -0.15) is 0 Å². The van der Waals surface area contributed by atoms with E-state index in [1.54, 1.807) is 6.92 Å². The number of hydrogen-bond donors (Lipinski definition) is 3. The predicted octanol–water partition coefficient (Wildman–Crippen LogP) is 0.674. The molecule has 1 atom stereocenters. The number of nitrogens with two attached hydrogens (primary N) is 1. The molecule has 5 heteroatoms. The van der Waals surface area contributed by atoms with Crippen LogP contribution in [0.15, 0.2) is 5.16 Å². The van der Waals surface area contributed by atoms with Crippen molar-refractivity contribution in [2.75, 3.05) is 0 Å². The molecule has 1 aliphatic carbocycles. The van der Waals surface area contributed by atoms with Crippen molar-refractivity contribution in [1.29, 1.82) is 0 Å². The lowest BCUT2D eigenvalue weighted by atomic mass is 9.97. The molecule has 1 saturated carbocycles. The van der Waals surface area contributed by atoms with E-state index in [1.165, 1.54) is 0 Å². The molecule has 15 heavy (non-hydrogen) atoms. The fourth-order valence-corrected chi connectivity index (χ4v) is 1.55. The molecule has 4 N–H and O–H groups in total. The number of carbonyl (C=O) groups excluding carboxylic acids is 1. The molecular formula is C10H19N3O2. The minimum atomic E-state index is -0.590. The summed E-state index contributed by atoms with van der Waals surface area (Å²) < 4.78 is 0. The van der Waals surface area contributed by atoms with E-state index in [2.05, 4.69) is 10.5 Å². The van der Waals surface area contributed by atoms with Crippen molar-refractivity contribution in [2.24, 2.45) is 22.7 Å². The molecule has 0 aromatic heterocycles. The third kappa shape index (κ3) is 2.84. The Kier molecular flexibility index (Phi) is 3.21. The van der Waals surface area contributed by atoms with Crippen LogP contribution in [0.1, 0.15) is 33.6 Å². The van der Waals surface area contributed by atoms with Crippen LogP contribution < -0.4 is 11.1 Å². The van der Waals surface area contributed by atoms with Crippen LogP contribution in [0.25, 0.3) is 0 Å². The van der Waals surface area contributed by atoms with Gasteiger partial charge in [-0.1, -0.05) is 5.16 Å². The number of amides is 1. The van der Waals surface area contributed by atoms with Gasteiger partial charge in [0.2, 0.25) is 5.91 Å². The minimum absolute atomic E-state index is 0.0564. The zero-order valence-electron chi connectivity index (χ0n) is 9.45. The minimum Gasteiger partial charge on any atom is -0.409 e. The van der Waals surface area contributed by atoms with Gasteiger partial charge in [0.25, 0.3) is 0 Å². The van der Waals surface area contributed by atoms with Gasteiger partial charge in [0, 0.05) is 5.54 Å². The Labute approximate surface area is 89.7 Å². The third-order valence-corrected chi connectivity index (χ3v) is 3.00. The Hall–Kier alpha value is -1.26. The maximum Gasteiger partial charge on any atom is 0.230 e. The van der Waals surface area contributed by atoms with Crippen LogP contribution in [0.2, 0.25) is 0 Å². The Bertz CT molecular complexity index is 282. The van der Waals surface area contributed by atoms with E-state index < -0.39 is 5.92 Å². The lowest BCUT2D eigenvalue weighted by Crippen LogP contribution is -2.49. The molecule has 0 aliphatic heterocycles. The van der Waals surface area contributed by atoms with Gasteiger partial charge in [-0.25, -0.2) is 0 Å². The summed E-state index contributed by atoms with van der Waals surface area (Å²) >= 11 is 0. The van der Waals surface area contributed by atoms with Gasteiger partial charge in [-0.3, -0.25) is 4.79 Å². The number of amidine groups is 1. The average molecular weight is 213 g/mol. The molecule has 86 valence electrons. The zero-order valence-corrected chi connectivity index (χ0v) is 9.45. The molecule has 0 aromatic rings. The van der Waals surface area contributed by atoms with Gasteiger partial charge in [0.05, 0.1) is 5.92 Å². The first kappa shape index (κ1) is 11.8. The molecule has 1 aliphatic rings. The van der Waals surface area contributed by atoms with Crippen LogP contribution >= 0.6 is 0 Å². The topological polar surface area (TPSA) is 87.7 Å². The van der Waals surface area contributed by atoms with Gasteiger partial charge in [-0.15, -0.1) is 0 Å². The zero-order chi connectivity index (χ0) is 11.6. The van der Waals surface area contributed by atoms with Crippen LogP contribution in [0.3, 0.4) is 0 Å². The summed E-state index contributed by atoms with van der Waals surface area (Å²) in [5, 5.41) is 14.2. The molecule has 1 unspecified atom stereocenters. The smallest absolute Gasteiger partial charge is 0.230 e. The highest BCUT2D eigenvalue weighted by molar-refractivity contribution is 6.01. The molecule has 0 radical (unpaired) electrons. The van der Waals surface area contributed by atoms with Crippen LogP contribution in [-0.4, -0.2) is 22.5 Å². The van der Waals surface area contributed by atoms with Crippen molar-refractivity contribution in [3.8, 4) is 0 Å². The molecule has 0 spiro atoms. The largest absolute Gasteiger partial charge is 0.409 e. The van der Waals surface area contributed by atoms with Crippen LogP contribution in [0.5, 0.6) is 0 Å². The highest BCUT2D eigenvalue weighted by atomic mass is 16.4. The molecule has 5 nitrogen and oxygen atoms in total. The first-order valence-electron chi connectivity index (χ1n) is 5.18. The molecule has 1 amide bonds. The number of rotatable bonds is 4. The molecule has 1 rings (SSSR count). The molecule has 0 aromatic carbocycles. The second-order valence-electron chi connectivity index (χ2n) is 4.73. The average Bonchev–Trinajstić information content (AvgIpc) is 2.97. The first-order chi connectivity index (χ1) is 6.88. The fraction of sp³-hybridized carbons (Fsp3) is 0.800. The number of carbonyl (C=O) groups is 1. The molecule has 0 heterocycles. The summed E-state index contributed by atoms with van der Waals surface area (Å²) in [6, 6.07) is 0. The van der Waals surface area contributed by atoms with E-state index >= 15 is 0 Å². The highest BCUT2D eigenvalue weighted by Crippen LogP contribution is 2.39. The van der Waals surface area contributed by atoms with Gasteiger partial charge < -0.3 is 16.3 Å². The van der Waals surface area contributed by atoms with E-state index in [1.807, 2.05) is 13.8 Å². The number of nitrogens with zero attached hydrogens (tertiary/aromatic N) is 1. The summed E-state index contributed by atoms with van der Waals surface area (Å²) in [6.45, 7) is 5.62. The van der Waals surface area contributed by atoms with E-state index in [9.17, 15) is 4.79 Å². The van der Waals surface area contributed by atoms with E-state index in [0.29, 0.717) is 5.92 Å². The lowest BCUT2D eigenvalue weighted by Gasteiger charge is -2.27. The van der Waals surface area contributed by atoms with E-state index in [4.69, 9.17) is 10.9 Å². The summed E-state index contributed by atoms with van der Waals surface area (Å²) in [5.74, 6) is -0.282. The summed E-state index contributed by atoms with van der Waals surface area (Å²) in [4.78, 5) is 11.7. The Balaban J connectivity index is 2.54. The van der Waals surface area contributed by atoms with E-state index in [0.717, 1.165) is 12.8 Å². The molecule has 1 fully saturated rings. The predicted molar refractivity (Wildman–Crippen MR) is 57.5 cm³/mol. The Morgan fingerprint density at radius 1 is 1.60 bits per heavy atom. The summed E-state index contributed by atoms with van der Waals surface area (Å²) in [5.41, 5.74) is 5.17. The van der Waals surface area contributed by atoms with Crippen molar-refractivity contribution in [1.82, 2.24) is 5.32 Å². The van der Waals surface area contributed by atoms with Gasteiger partial charge in [0.1, 0.15) is 0 Å². The van der Waals surface area contributed by atoms with Crippen LogP contribution in [-0.2, 0) is 4.79 Å². The summed E-state index contributed by atoms with van der Waals surface area (Å²) in [7, 11) is 0. The molecule has 0 bridgehead atoms. The van der Waals surface area contributed by atoms with Crippen molar-refractivity contribution in [3.63, 3.8) is 0 Å². The van der Waals surface area contributed by atoms with Crippen molar-refractivity contribution in [2.45, 2.75) is 39.2 Å². The van der Waals surface area contributed by atoms with Crippen LogP contribution in [0, 0.1) is 11.8 Å². The highest BCUT2D eigenvalue weighted by Gasteiger charge is 2.39. The SMILES string of the molecule is CC(C(=O)NC(C)(C)C1CC1)C(N)=NO. The number of hydrogen-bond acceptors (Lipinski definition) is 3. The Morgan fingerprint density at radius 2 is 2.13 bits per heavy atom. The standard InChI is InChI=1S/C10H19N3O2/c1-6(8(11)13-15)9(14)12-10(2,3)7-4-5-7/h6-7,15H,4-5H2,1-3H3,(H2,11,13)(H,12,14). The molecule has 0 saturated heterocycles. The van der Waals surface area contributed by atoms with E-state index in [-0.39, 0.29) is 17.3 Å². The third-order valence-electron chi connectivity index (χ3n) is 3.00. The van der Waals surface area contributed by atoms with Gasteiger partial charge in [-0.05, 0) is 39.5 Å². The van der Waals surface area contributed by atoms with Crippen LogP contribution in [0.4, 0.5) is 0 Å². The van der Waals surface area contributed by atoms with Crippen molar-refractivity contribution >= 4 is 11.7 Å². The quantitative estimate of drug-likeness (QED) is 0.277. The second kappa shape index (κ2) is 4.08. The monoisotopic (exact) mass is 213 g/mol. The maximum absolute atomic E-state index is 11.7. The fourth-order valence-electron chi connectivity index (χ4n) is 1.55. The lowest BCUT2D eigenvalue weighted by molar-refractivity contribution is -0.124. The number of nitrogens with one attached hydrogen (secondary N) is 1. The second-order valence-corrected chi connectivity index (χ2v) is 4.73. The van der Waals surface area contributed by atoms with Crippen molar-refractivity contribution < 1.29 is 10.0 Å². The van der Waals surface area contributed by atoms with Gasteiger partial charge in [0.15, 0.2) is 5.84 Å².